The van der Waals surface area contributed by atoms with Gasteiger partial charge in [-0.25, -0.2) is 0 Å². The highest BCUT2D eigenvalue weighted by Crippen LogP contribution is 2.08. The first-order valence-corrected chi connectivity index (χ1v) is 5.54. The third kappa shape index (κ3) is 5.24. The second-order valence-electron chi connectivity index (χ2n) is 3.31. The van der Waals surface area contributed by atoms with E-state index in [1.807, 2.05) is 37.3 Å². The molecule has 88 valence electrons. The molecule has 0 unspecified atom stereocenters. The standard InChI is InChI=1S/C12H19N3O/c1-2-14-12(13)15-9-6-10-16-11-7-4-3-5-8-11/h3-5,7-8H,2,6,9-10H2,1H3,(H3,13,14,15). The quantitative estimate of drug-likeness (QED) is 0.433. The van der Waals surface area contributed by atoms with Crippen LogP contribution in [0.5, 0.6) is 5.75 Å². The Kier molecular flexibility index (Phi) is 5.84. The van der Waals surface area contributed by atoms with Crippen LogP contribution >= 0.6 is 0 Å². The van der Waals surface area contributed by atoms with Gasteiger partial charge in [0.1, 0.15) is 5.75 Å². The number of hydrogen-bond acceptors (Lipinski definition) is 2. The fraction of sp³-hybridized carbons (Fsp3) is 0.417. The van der Waals surface area contributed by atoms with Gasteiger partial charge < -0.3 is 15.8 Å². The van der Waals surface area contributed by atoms with Crippen molar-refractivity contribution in [3.63, 3.8) is 0 Å². The average Bonchev–Trinajstić information content (AvgIpc) is 2.30. The number of rotatable bonds is 6. The lowest BCUT2D eigenvalue weighted by Gasteiger charge is -2.05. The van der Waals surface area contributed by atoms with Crippen molar-refractivity contribution in [3.8, 4) is 5.75 Å². The van der Waals surface area contributed by atoms with Crippen molar-refractivity contribution in [2.75, 3.05) is 19.7 Å². The van der Waals surface area contributed by atoms with Gasteiger partial charge in [-0.15, -0.1) is 0 Å². The number of ether oxygens (including phenoxy) is 1. The van der Waals surface area contributed by atoms with Crippen LogP contribution in [0.4, 0.5) is 0 Å². The molecule has 0 saturated heterocycles. The molecule has 0 bridgehead atoms. The van der Waals surface area contributed by atoms with Gasteiger partial charge in [0.2, 0.25) is 0 Å². The van der Waals surface area contributed by atoms with Gasteiger partial charge in [-0.3, -0.25) is 4.99 Å². The Morgan fingerprint density at radius 3 is 2.81 bits per heavy atom. The van der Waals surface area contributed by atoms with E-state index in [9.17, 15) is 0 Å². The molecule has 4 nitrogen and oxygen atoms in total. The lowest BCUT2D eigenvalue weighted by atomic mass is 10.3. The number of nitrogens with two attached hydrogens (primary N) is 1. The maximum absolute atomic E-state index is 5.58. The van der Waals surface area contributed by atoms with Gasteiger partial charge in [-0.05, 0) is 19.1 Å². The highest BCUT2D eigenvalue weighted by molar-refractivity contribution is 5.77. The van der Waals surface area contributed by atoms with Crippen LogP contribution in [0.2, 0.25) is 0 Å². The molecule has 1 aromatic carbocycles. The van der Waals surface area contributed by atoms with Gasteiger partial charge in [-0.1, -0.05) is 18.2 Å². The molecule has 0 saturated carbocycles. The summed E-state index contributed by atoms with van der Waals surface area (Å²) in [5.41, 5.74) is 5.58. The fourth-order valence-corrected chi connectivity index (χ4v) is 1.21. The van der Waals surface area contributed by atoms with Crippen LogP contribution in [0.15, 0.2) is 35.3 Å². The van der Waals surface area contributed by atoms with Crippen LogP contribution in [0.3, 0.4) is 0 Å². The Morgan fingerprint density at radius 1 is 1.38 bits per heavy atom. The predicted molar refractivity (Wildman–Crippen MR) is 66.7 cm³/mol. The lowest BCUT2D eigenvalue weighted by Crippen LogP contribution is -2.31. The van der Waals surface area contributed by atoms with Crippen molar-refractivity contribution in [1.82, 2.24) is 5.32 Å². The van der Waals surface area contributed by atoms with Crippen LogP contribution in [-0.2, 0) is 0 Å². The maximum Gasteiger partial charge on any atom is 0.188 e. The lowest BCUT2D eigenvalue weighted by molar-refractivity contribution is 0.313. The Bertz CT molecular complexity index is 311. The molecule has 0 aliphatic carbocycles. The van der Waals surface area contributed by atoms with E-state index in [1.165, 1.54) is 0 Å². The van der Waals surface area contributed by atoms with Gasteiger partial charge in [0, 0.05) is 19.5 Å². The van der Waals surface area contributed by atoms with Crippen molar-refractivity contribution >= 4 is 5.96 Å². The van der Waals surface area contributed by atoms with Gasteiger partial charge in [-0.2, -0.15) is 0 Å². The molecule has 4 heteroatoms. The molecule has 0 radical (unpaired) electrons. The van der Waals surface area contributed by atoms with E-state index in [-0.39, 0.29) is 0 Å². The molecule has 0 aromatic heterocycles. The summed E-state index contributed by atoms with van der Waals surface area (Å²) in [4.78, 5) is 4.15. The van der Waals surface area contributed by atoms with Crippen LogP contribution in [0, 0.1) is 0 Å². The Hall–Kier alpha value is -1.71. The minimum atomic E-state index is 0.502. The zero-order valence-electron chi connectivity index (χ0n) is 9.65. The fourth-order valence-electron chi connectivity index (χ4n) is 1.21. The summed E-state index contributed by atoms with van der Waals surface area (Å²) in [7, 11) is 0. The molecule has 0 aliphatic rings. The summed E-state index contributed by atoms with van der Waals surface area (Å²) in [6.45, 7) is 4.13. The van der Waals surface area contributed by atoms with E-state index in [0.717, 1.165) is 18.7 Å². The van der Waals surface area contributed by atoms with Crippen molar-refractivity contribution in [3.05, 3.63) is 30.3 Å². The van der Waals surface area contributed by atoms with Crippen molar-refractivity contribution in [1.29, 1.82) is 0 Å². The minimum Gasteiger partial charge on any atom is -0.494 e. The number of nitrogens with zero attached hydrogens (tertiary/aromatic N) is 1. The molecular formula is C12H19N3O. The van der Waals surface area contributed by atoms with Gasteiger partial charge in [0.05, 0.1) is 6.61 Å². The molecule has 1 rings (SSSR count). The van der Waals surface area contributed by atoms with Crippen LogP contribution in [-0.4, -0.2) is 25.7 Å². The molecular weight excluding hydrogens is 202 g/mol. The largest absolute Gasteiger partial charge is 0.494 e. The second-order valence-corrected chi connectivity index (χ2v) is 3.31. The third-order valence-electron chi connectivity index (χ3n) is 1.95. The zero-order chi connectivity index (χ0) is 11.6. The summed E-state index contributed by atoms with van der Waals surface area (Å²) >= 11 is 0. The van der Waals surface area contributed by atoms with E-state index in [4.69, 9.17) is 10.5 Å². The average molecular weight is 221 g/mol. The monoisotopic (exact) mass is 221 g/mol. The Balaban J connectivity index is 2.11. The normalized spacial score (nSPS) is 11.2. The number of benzene rings is 1. The summed E-state index contributed by atoms with van der Waals surface area (Å²) < 4.78 is 5.52. The third-order valence-corrected chi connectivity index (χ3v) is 1.95. The Morgan fingerprint density at radius 2 is 2.12 bits per heavy atom. The summed E-state index contributed by atoms with van der Waals surface area (Å²) in [5, 5.41) is 2.94. The van der Waals surface area contributed by atoms with E-state index >= 15 is 0 Å². The van der Waals surface area contributed by atoms with E-state index in [2.05, 4.69) is 10.3 Å². The molecule has 1 aromatic rings. The topological polar surface area (TPSA) is 59.6 Å². The van der Waals surface area contributed by atoms with Crippen molar-refractivity contribution in [2.45, 2.75) is 13.3 Å². The molecule has 0 fully saturated rings. The van der Waals surface area contributed by atoms with E-state index in [1.54, 1.807) is 0 Å². The SMILES string of the molecule is CCNC(N)=NCCCOc1ccccc1. The first kappa shape index (κ1) is 12.4. The number of hydrogen-bond donors (Lipinski definition) is 2. The van der Waals surface area contributed by atoms with E-state index < -0.39 is 0 Å². The first-order chi connectivity index (χ1) is 7.83. The molecule has 0 heterocycles. The predicted octanol–water partition coefficient (Wildman–Crippen LogP) is 1.38. The smallest absolute Gasteiger partial charge is 0.188 e. The van der Waals surface area contributed by atoms with Gasteiger partial charge in [0.25, 0.3) is 0 Å². The minimum absolute atomic E-state index is 0.502. The molecule has 3 N–H and O–H groups in total. The summed E-state index contributed by atoms with van der Waals surface area (Å²) in [5.74, 6) is 1.40. The Labute approximate surface area is 96.5 Å². The highest BCUT2D eigenvalue weighted by atomic mass is 16.5. The highest BCUT2D eigenvalue weighted by Gasteiger charge is 1.92. The van der Waals surface area contributed by atoms with Crippen molar-refractivity contribution < 1.29 is 4.74 Å². The second kappa shape index (κ2) is 7.56. The molecule has 0 amide bonds. The number of nitrogens with one attached hydrogen (secondary N) is 1. The van der Waals surface area contributed by atoms with Crippen molar-refractivity contribution in [2.24, 2.45) is 10.7 Å². The van der Waals surface area contributed by atoms with Crippen LogP contribution in [0.1, 0.15) is 13.3 Å². The molecule has 0 atom stereocenters. The van der Waals surface area contributed by atoms with Crippen LogP contribution in [0.25, 0.3) is 0 Å². The molecule has 0 spiro atoms. The van der Waals surface area contributed by atoms with E-state index in [0.29, 0.717) is 19.1 Å². The number of guanidine groups is 1. The van der Waals surface area contributed by atoms with Crippen LogP contribution < -0.4 is 15.8 Å². The first-order valence-electron chi connectivity index (χ1n) is 5.54. The number of aliphatic imine (C=N–C) groups is 1. The zero-order valence-corrected chi connectivity index (χ0v) is 9.65. The molecule has 0 aliphatic heterocycles. The number of para-hydroxylation sites is 1. The van der Waals surface area contributed by atoms with Gasteiger partial charge >= 0.3 is 0 Å². The summed E-state index contributed by atoms with van der Waals surface area (Å²) in [6, 6.07) is 9.76. The van der Waals surface area contributed by atoms with Gasteiger partial charge in [0.15, 0.2) is 5.96 Å². The molecule has 16 heavy (non-hydrogen) atoms. The maximum atomic E-state index is 5.58. The summed E-state index contributed by atoms with van der Waals surface area (Å²) in [6.07, 6.45) is 0.862.